The van der Waals surface area contributed by atoms with Gasteiger partial charge in [0.25, 0.3) is 0 Å². The Bertz CT molecular complexity index is 556. The van der Waals surface area contributed by atoms with Crippen molar-refractivity contribution in [3.05, 3.63) is 29.8 Å². The van der Waals surface area contributed by atoms with Gasteiger partial charge in [-0.1, -0.05) is 18.6 Å². The third kappa shape index (κ3) is 3.52. The van der Waals surface area contributed by atoms with E-state index in [4.69, 9.17) is 4.74 Å². The number of rotatable bonds is 5. The molecule has 1 aliphatic rings. The van der Waals surface area contributed by atoms with Crippen LogP contribution in [0.15, 0.2) is 24.3 Å². The minimum atomic E-state index is -2.97. The molecule has 0 bridgehead atoms. The molecule has 0 aliphatic heterocycles. The fraction of sp³-hybridized carbons (Fsp3) is 0.600. The van der Waals surface area contributed by atoms with Crippen LogP contribution < -0.4 is 4.74 Å². The smallest absolute Gasteiger partial charge is 0.151 e. The fourth-order valence-corrected chi connectivity index (χ4v) is 4.60. The molecule has 1 saturated carbocycles. The molecular weight excluding hydrogens is 274 g/mol. The van der Waals surface area contributed by atoms with Gasteiger partial charge in [0.1, 0.15) is 5.75 Å². The Kier molecular flexibility index (Phi) is 4.70. The Balaban J connectivity index is 2.09. The van der Waals surface area contributed by atoms with Gasteiger partial charge < -0.3 is 4.74 Å². The lowest BCUT2D eigenvalue weighted by atomic mass is 10.1. The minimum absolute atomic E-state index is 0.121. The molecule has 1 aromatic rings. The van der Waals surface area contributed by atoms with Crippen LogP contribution in [0.5, 0.6) is 5.75 Å². The molecule has 0 amide bonds. The zero-order valence-electron chi connectivity index (χ0n) is 12.4. The highest BCUT2D eigenvalue weighted by atomic mass is 32.2. The van der Waals surface area contributed by atoms with Gasteiger partial charge in [0.2, 0.25) is 0 Å². The van der Waals surface area contributed by atoms with Crippen LogP contribution >= 0.6 is 0 Å². The minimum Gasteiger partial charge on any atom is -0.497 e. The molecule has 2 atom stereocenters. The first-order valence-corrected chi connectivity index (χ1v) is 8.89. The number of benzene rings is 1. The van der Waals surface area contributed by atoms with E-state index in [9.17, 15) is 8.42 Å². The molecule has 0 N–H and O–H groups in total. The largest absolute Gasteiger partial charge is 0.497 e. The molecule has 1 aliphatic carbocycles. The number of sulfone groups is 1. The second-order valence-electron chi connectivity index (χ2n) is 5.63. The van der Waals surface area contributed by atoms with Crippen LogP contribution in [-0.2, 0) is 16.4 Å². The highest BCUT2D eigenvalue weighted by Gasteiger charge is 2.36. The highest BCUT2D eigenvalue weighted by Crippen LogP contribution is 2.29. The van der Waals surface area contributed by atoms with Crippen LogP contribution in [0.2, 0.25) is 0 Å². The summed E-state index contributed by atoms with van der Waals surface area (Å²) in [5, 5.41) is -0.224. The van der Waals surface area contributed by atoms with E-state index in [1.165, 1.54) is 6.26 Å². The predicted molar refractivity (Wildman–Crippen MR) is 80.7 cm³/mol. The van der Waals surface area contributed by atoms with Crippen LogP contribution in [0.3, 0.4) is 0 Å². The van der Waals surface area contributed by atoms with E-state index in [0.29, 0.717) is 0 Å². The van der Waals surface area contributed by atoms with E-state index >= 15 is 0 Å². The van der Waals surface area contributed by atoms with Crippen molar-refractivity contribution >= 4 is 9.84 Å². The quantitative estimate of drug-likeness (QED) is 0.835. The number of nitrogens with zero attached hydrogens (tertiary/aromatic N) is 1. The molecule has 112 valence electrons. The summed E-state index contributed by atoms with van der Waals surface area (Å²) in [4.78, 5) is 2.16. The van der Waals surface area contributed by atoms with Crippen LogP contribution in [0.1, 0.15) is 24.8 Å². The molecule has 2 rings (SSSR count). The molecule has 0 saturated heterocycles. The van der Waals surface area contributed by atoms with E-state index < -0.39 is 9.84 Å². The van der Waals surface area contributed by atoms with Gasteiger partial charge in [-0.15, -0.1) is 0 Å². The lowest BCUT2D eigenvalue weighted by Crippen LogP contribution is -2.40. The maximum absolute atomic E-state index is 11.9. The van der Waals surface area contributed by atoms with Gasteiger partial charge in [0, 0.05) is 18.8 Å². The lowest BCUT2D eigenvalue weighted by molar-refractivity contribution is 0.238. The molecule has 1 aromatic carbocycles. The Hall–Kier alpha value is -1.07. The van der Waals surface area contributed by atoms with Gasteiger partial charge in [-0.25, -0.2) is 8.42 Å². The van der Waals surface area contributed by atoms with Gasteiger partial charge in [-0.3, -0.25) is 4.90 Å². The highest BCUT2D eigenvalue weighted by molar-refractivity contribution is 7.91. The first-order valence-electron chi connectivity index (χ1n) is 6.94. The fourth-order valence-electron chi connectivity index (χ4n) is 3.09. The van der Waals surface area contributed by atoms with Crippen LogP contribution in [0.4, 0.5) is 0 Å². The second-order valence-corrected chi connectivity index (χ2v) is 7.90. The van der Waals surface area contributed by atoms with Crippen LogP contribution in [0.25, 0.3) is 0 Å². The summed E-state index contributed by atoms with van der Waals surface area (Å²) in [7, 11) is 0.692. The van der Waals surface area contributed by atoms with Crippen molar-refractivity contribution in [2.24, 2.45) is 0 Å². The van der Waals surface area contributed by atoms with Gasteiger partial charge in [-0.2, -0.15) is 0 Å². The zero-order chi connectivity index (χ0) is 14.8. The molecule has 0 radical (unpaired) electrons. The van der Waals surface area contributed by atoms with Crippen molar-refractivity contribution in [1.29, 1.82) is 0 Å². The van der Waals surface area contributed by atoms with Crippen molar-refractivity contribution in [3.8, 4) is 5.75 Å². The summed E-state index contributed by atoms with van der Waals surface area (Å²) in [6, 6.07) is 8.05. The summed E-state index contributed by atoms with van der Waals surface area (Å²) in [5.41, 5.74) is 1.14. The van der Waals surface area contributed by atoms with Crippen LogP contribution in [0, 0.1) is 0 Å². The number of ether oxygens (including phenoxy) is 1. The molecule has 0 spiro atoms. The SMILES string of the molecule is COc1cccc(CN(C)C2CCCC2S(C)(=O)=O)c1. The van der Waals surface area contributed by atoms with E-state index in [1.54, 1.807) is 7.11 Å². The Morgan fingerprint density at radius 2 is 2.10 bits per heavy atom. The number of hydrogen-bond donors (Lipinski definition) is 0. The topological polar surface area (TPSA) is 46.6 Å². The van der Waals surface area contributed by atoms with Crippen molar-refractivity contribution in [1.82, 2.24) is 4.90 Å². The molecule has 20 heavy (non-hydrogen) atoms. The number of methoxy groups -OCH3 is 1. The van der Waals surface area contributed by atoms with Crippen molar-refractivity contribution in [2.75, 3.05) is 20.4 Å². The van der Waals surface area contributed by atoms with E-state index in [-0.39, 0.29) is 11.3 Å². The first kappa shape index (κ1) is 15.3. The predicted octanol–water partition coefficient (Wildman–Crippen LogP) is 2.09. The average molecular weight is 297 g/mol. The van der Waals surface area contributed by atoms with Crippen molar-refractivity contribution in [2.45, 2.75) is 37.1 Å². The summed E-state index contributed by atoms with van der Waals surface area (Å²) in [5.74, 6) is 0.835. The van der Waals surface area contributed by atoms with Gasteiger partial charge in [-0.05, 0) is 37.6 Å². The Labute approximate surface area is 121 Å². The van der Waals surface area contributed by atoms with Gasteiger partial charge in [0.05, 0.1) is 12.4 Å². The second kappa shape index (κ2) is 6.14. The van der Waals surface area contributed by atoms with E-state index in [2.05, 4.69) is 4.90 Å². The number of hydrogen-bond acceptors (Lipinski definition) is 4. The monoisotopic (exact) mass is 297 g/mol. The standard InChI is InChI=1S/C15H23NO3S/c1-16(11-12-6-4-7-13(10-12)19-2)14-8-5-9-15(14)20(3,17)18/h4,6-7,10,14-15H,5,8-9,11H2,1-3H3. The van der Waals surface area contributed by atoms with Gasteiger partial charge >= 0.3 is 0 Å². The Morgan fingerprint density at radius 3 is 2.75 bits per heavy atom. The Morgan fingerprint density at radius 1 is 1.35 bits per heavy atom. The summed E-state index contributed by atoms with van der Waals surface area (Å²) in [6.45, 7) is 0.744. The molecule has 5 heteroatoms. The average Bonchev–Trinajstić information content (AvgIpc) is 2.88. The van der Waals surface area contributed by atoms with E-state index in [0.717, 1.165) is 37.1 Å². The molecule has 1 fully saturated rings. The van der Waals surface area contributed by atoms with Crippen molar-refractivity contribution in [3.63, 3.8) is 0 Å². The lowest BCUT2D eigenvalue weighted by Gasteiger charge is -2.28. The maximum atomic E-state index is 11.9. The third-order valence-electron chi connectivity index (χ3n) is 4.10. The maximum Gasteiger partial charge on any atom is 0.151 e. The van der Waals surface area contributed by atoms with Crippen LogP contribution in [-0.4, -0.2) is 45.0 Å². The zero-order valence-corrected chi connectivity index (χ0v) is 13.2. The molecular formula is C15H23NO3S. The summed E-state index contributed by atoms with van der Waals surface area (Å²) >= 11 is 0. The molecule has 0 heterocycles. The summed E-state index contributed by atoms with van der Waals surface area (Å²) in [6.07, 6.45) is 4.09. The molecule has 2 unspecified atom stereocenters. The first-order chi connectivity index (χ1) is 9.41. The molecule has 4 nitrogen and oxygen atoms in total. The van der Waals surface area contributed by atoms with E-state index in [1.807, 2.05) is 31.3 Å². The third-order valence-corrected chi connectivity index (χ3v) is 5.75. The summed E-state index contributed by atoms with van der Waals surface area (Å²) < 4.78 is 28.9. The van der Waals surface area contributed by atoms with Gasteiger partial charge in [0.15, 0.2) is 9.84 Å². The van der Waals surface area contributed by atoms with Crippen molar-refractivity contribution < 1.29 is 13.2 Å². The molecule has 0 aromatic heterocycles. The normalized spacial score (nSPS) is 23.2.